The summed E-state index contributed by atoms with van der Waals surface area (Å²) in [6, 6.07) is 9.13. The lowest BCUT2D eigenvalue weighted by Gasteiger charge is -2.42. The molecule has 10 atom stereocenters. The summed E-state index contributed by atoms with van der Waals surface area (Å²) in [7, 11) is 2.72. The molecule has 3 heterocycles. The maximum absolute atomic E-state index is 13.0. The zero-order valence-corrected chi connectivity index (χ0v) is 23.8. The van der Waals surface area contributed by atoms with E-state index in [0.717, 1.165) is 0 Å². The van der Waals surface area contributed by atoms with Crippen molar-refractivity contribution in [2.75, 3.05) is 20.8 Å². The number of phenols is 1. The second kappa shape index (κ2) is 12.8. The van der Waals surface area contributed by atoms with Crippen LogP contribution in [0.15, 0.2) is 45.6 Å². The van der Waals surface area contributed by atoms with Crippen LogP contribution in [0.1, 0.15) is 6.92 Å². The van der Waals surface area contributed by atoms with E-state index in [0.29, 0.717) is 11.3 Å². The molecule has 44 heavy (non-hydrogen) atoms. The molecule has 2 aromatic carbocycles. The Morgan fingerprint density at radius 3 is 2.11 bits per heavy atom. The lowest BCUT2D eigenvalue weighted by Crippen LogP contribution is -2.61. The van der Waals surface area contributed by atoms with Gasteiger partial charge in [-0.25, -0.2) is 0 Å². The van der Waals surface area contributed by atoms with Crippen molar-refractivity contribution in [1.29, 1.82) is 0 Å². The summed E-state index contributed by atoms with van der Waals surface area (Å²) < 4.78 is 38.7. The van der Waals surface area contributed by atoms with E-state index in [-0.39, 0.29) is 28.2 Å². The molecule has 0 bridgehead atoms. The lowest BCUT2D eigenvalue weighted by molar-refractivity contribution is -0.318. The Bertz CT molecular complexity index is 1510. The monoisotopic (exact) mass is 622 g/mol. The van der Waals surface area contributed by atoms with Gasteiger partial charge in [-0.2, -0.15) is 0 Å². The molecule has 240 valence electrons. The van der Waals surface area contributed by atoms with Crippen LogP contribution in [0.25, 0.3) is 22.3 Å². The summed E-state index contributed by atoms with van der Waals surface area (Å²) in [6.45, 7) is 0.947. The number of methoxy groups -OCH3 is 2. The SMILES string of the molecule is COc1ccc(-c2cc(=O)c3c(O)c(OC)c(O[C@H]4O[C@@H](CO[C@H]5O[C@H](C)[C@@H](O)[C@H](O)[C@@H]5O)[C@H](O)[C@@H](O)[C@H]4O)cc3o2)cc1. The van der Waals surface area contributed by atoms with Gasteiger partial charge in [0.15, 0.2) is 23.2 Å². The van der Waals surface area contributed by atoms with Crippen LogP contribution in [0.3, 0.4) is 0 Å². The molecule has 2 saturated heterocycles. The number of ether oxygens (including phenoxy) is 6. The number of aliphatic hydroxyl groups excluding tert-OH is 6. The summed E-state index contributed by atoms with van der Waals surface area (Å²) in [5, 5.41) is 72.6. The molecule has 2 aliphatic heterocycles. The van der Waals surface area contributed by atoms with Crippen molar-refractivity contribution in [2.45, 2.75) is 68.3 Å². The predicted molar refractivity (Wildman–Crippen MR) is 148 cm³/mol. The summed E-state index contributed by atoms with van der Waals surface area (Å²) in [6.07, 6.45) is -15.2. The highest BCUT2D eigenvalue weighted by atomic mass is 16.7. The van der Waals surface area contributed by atoms with Crippen LogP contribution in [0.2, 0.25) is 0 Å². The second-order valence-electron chi connectivity index (χ2n) is 10.5. The predicted octanol–water partition coefficient (Wildman–Crippen LogP) is -0.787. The van der Waals surface area contributed by atoms with Crippen molar-refractivity contribution in [2.24, 2.45) is 0 Å². The van der Waals surface area contributed by atoms with Crippen LogP contribution in [0.5, 0.6) is 23.0 Å². The fourth-order valence-corrected chi connectivity index (χ4v) is 5.06. The van der Waals surface area contributed by atoms with E-state index in [1.807, 2.05) is 0 Å². The van der Waals surface area contributed by atoms with Crippen LogP contribution in [0, 0.1) is 0 Å². The lowest BCUT2D eigenvalue weighted by atomic mass is 9.98. The number of hydrogen-bond acceptors (Lipinski definition) is 15. The van der Waals surface area contributed by atoms with Gasteiger partial charge in [-0.05, 0) is 31.2 Å². The van der Waals surface area contributed by atoms with Crippen LogP contribution in [0.4, 0.5) is 0 Å². The minimum absolute atomic E-state index is 0.0966. The molecule has 2 fully saturated rings. The first kappa shape index (κ1) is 31.9. The number of rotatable bonds is 8. The maximum Gasteiger partial charge on any atom is 0.229 e. The molecule has 1 aromatic heterocycles. The summed E-state index contributed by atoms with van der Waals surface area (Å²) >= 11 is 0. The first-order valence-electron chi connectivity index (χ1n) is 13.6. The largest absolute Gasteiger partial charge is 0.504 e. The topological polar surface area (TPSA) is 227 Å². The fourth-order valence-electron chi connectivity index (χ4n) is 5.06. The van der Waals surface area contributed by atoms with Gasteiger partial charge in [-0.15, -0.1) is 0 Å². The molecule has 3 aromatic rings. The molecule has 15 heteroatoms. The number of benzene rings is 2. The van der Waals surface area contributed by atoms with E-state index in [1.165, 1.54) is 33.3 Å². The average Bonchev–Trinajstić information content (AvgIpc) is 3.01. The van der Waals surface area contributed by atoms with Gasteiger partial charge < -0.3 is 68.6 Å². The van der Waals surface area contributed by atoms with Gasteiger partial charge in [0.1, 0.15) is 65.2 Å². The number of fused-ring (bicyclic) bond motifs is 1. The van der Waals surface area contributed by atoms with Crippen molar-refractivity contribution in [3.8, 4) is 34.3 Å². The molecule has 0 aliphatic carbocycles. The minimum Gasteiger partial charge on any atom is -0.504 e. The van der Waals surface area contributed by atoms with E-state index in [9.17, 15) is 40.5 Å². The third kappa shape index (κ3) is 5.93. The van der Waals surface area contributed by atoms with E-state index in [2.05, 4.69) is 0 Å². The molecule has 2 aliphatic rings. The number of hydrogen-bond donors (Lipinski definition) is 7. The van der Waals surface area contributed by atoms with Gasteiger partial charge in [0, 0.05) is 17.7 Å². The van der Waals surface area contributed by atoms with Gasteiger partial charge in [0.2, 0.25) is 12.0 Å². The van der Waals surface area contributed by atoms with Crippen molar-refractivity contribution in [3.05, 3.63) is 46.6 Å². The van der Waals surface area contributed by atoms with Crippen molar-refractivity contribution in [3.63, 3.8) is 0 Å². The Morgan fingerprint density at radius 1 is 0.795 bits per heavy atom. The van der Waals surface area contributed by atoms with Crippen molar-refractivity contribution < 1.29 is 68.6 Å². The van der Waals surface area contributed by atoms with Gasteiger partial charge in [-0.3, -0.25) is 4.79 Å². The third-order valence-corrected chi connectivity index (χ3v) is 7.64. The van der Waals surface area contributed by atoms with E-state index >= 15 is 0 Å². The number of phenolic OH excluding ortho intramolecular Hbond substituents is 1. The van der Waals surface area contributed by atoms with Crippen LogP contribution >= 0.6 is 0 Å². The standard InChI is InChI=1S/C29H34O15/c1-11-20(31)23(34)25(36)28(41-11)40-10-18-21(32)24(35)26(37)29(44-18)43-17-9-16-19(22(33)27(17)39-3)14(30)8-15(42-16)12-4-6-13(38-2)7-5-12/h4-9,11,18,20-21,23-26,28-29,31-37H,10H2,1-3H3/t11-,18+,20-,21+,23+,24-,25+,26-,28+,29+/m1/s1. The van der Waals surface area contributed by atoms with Crippen LogP contribution in [-0.4, -0.2) is 118 Å². The Morgan fingerprint density at radius 2 is 1.45 bits per heavy atom. The highest BCUT2D eigenvalue weighted by Crippen LogP contribution is 2.43. The smallest absolute Gasteiger partial charge is 0.229 e. The molecule has 5 rings (SSSR count). The van der Waals surface area contributed by atoms with E-state index in [1.54, 1.807) is 24.3 Å². The molecule has 0 amide bonds. The van der Waals surface area contributed by atoms with Crippen molar-refractivity contribution >= 4 is 11.0 Å². The number of aromatic hydroxyl groups is 1. The molecular weight excluding hydrogens is 588 g/mol. The Labute approximate surface area is 249 Å². The van der Waals surface area contributed by atoms with Crippen molar-refractivity contribution in [1.82, 2.24) is 0 Å². The summed E-state index contributed by atoms with van der Waals surface area (Å²) in [5.41, 5.74) is -0.138. The zero-order valence-electron chi connectivity index (χ0n) is 23.8. The zero-order chi connectivity index (χ0) is 31.9. The summed E-state index contributed by atoms with van der Waals surface area (Å²) in [4.78, 5) is 13.0. The van der Waals surface area contributed by atoms with Gasteiger partial charge in [0.05, 0.1) is 26.9 Å². The molecule has 15 nitrogen and oxygen atoms in total. The minimum atomic E-state index is -1.81. The molecule has 7 N–H and O–H groups in total. The Hall–Kier alpha value is -3.51. The quantitative estimate of drug-likeness (QED) is 0.163. The average molecular weight is 623 g/mol. The summed E-state index contributed by atoms with van der Waals surface area (Å²) in [5.74, 6) is -0.391. The second-order valence-corrected chi connectivity index (χ2v) is 10.5. The Kier molecular flexibility index (Phi) is 9.31. The van der Waals surface area contributed by atoms with E-state index in [4.69, 9.17) is 32.8 Å². The van der Waals surface area contributed by atoms with Gasteiger partial charge >= 0.3 is 0 Å². The highest BCUT2D eigenvalue weighted by Gasteiger charge is 2.47. The fraction of sp³-hybridized carbons (Fsp3) is 0.483. The number of aliphatic hydroxyl groups is 6. The van der Waals surface area contributed by atoms with Crippen LogP contribution in [-0.2, 0) is 14.2 Å². The van der Waals surface area contributed by atoms with Crippen LogP contribution < -0.4 is 19.6 Å². The van der Waals surface area contributed by atoms with Gasteiger partial charge in [0.25, 0.3) is 0 Å². The molecule has 0 radical (unpaired) electrons. The molecular formula is C29H34O15. The first-order chi connectivity index (χ1) is 20.9. The molecule has 0 unspecified atom stereocenters. The maximum atomic E-state index is 13.0. The Balaban J connectivity index is 1.41. The molecule has 0 spiro atoms. The van der Waals surface area contributed by atoms with Gasteiger partial charge in [-0.1, -0.05) is 0 Å². The third-order valence-electron chi connectivity index (χ3n) is 7.64. The molecule has 0 saturated carbocycles. The normalized spacial score (nSPS) is 32.4. The first-order valence-corrected chi connectivity index (χ1v) is 13.6. The van der Waals surface area contributed by atoms with E-state index < -0.39 is 79.2 Å². The highest BCUT2D eigenvalue weighted by molar-refractivity contribution is 5.89.